The average molecular weight is 446 g/mol. The molecule has 30 heavy (non-hydrogen) atoms. The molecule has 0 spiro atoms. The van der Waals surface area contributed by atoms with Gasteiger partial charge in [0.1, 0.15) is 15.6 Å². The smallest absolute Gasteiger partial charge is 0.196 e. The van der Waals surface area contributed by atoms with Crippen molar-refractivity contribution in [2.24, 2.45) is 0 Å². The van der Waals surface area contributed by atoms with Gasteiger partial charge < -0.3 is 4.74 Å². The van der Waals surface area contributed by atoms with Crippen molar-refractivity contribution in [3.05, 3.63) is 54.1 Å². The zero-order valence-corrected chi connectivity index (χ0v) is 19.5. The van der Waals surface area contributed by atoms with Crippen LogP contribution < -0.4 is 4.74 Å². The largest absolute Gasteiger partial charge is 0.497 e. The maximum Gasteiger partial charge on any atom is 0.196 e. The molecule has 2 aromatic carbocycles. The van der Waals surface area contributed by atoms with Gasteiger partial charge in [-0.1, -0.05) is 56.8 Å². The summed E-state index contributed by atoms with van der Waals surface area (Å²) < 4.78 is 30.3. The molecule has 6 nitrogen and oxygen atoms in total. The lowest BCUT2D eigenvalue weighted by atomic mass is 9.87. The molecule has 0 aliphatic carbocycles. The summed E-state index contributed by atoms with van der Waals surface area (Å²) in [6.45, 7) is 6.54. The highest BCUT2D eigenvalue weighted by molar-refractivity contribution is 8.00. The molecule has 0 amide bonds. The highest BCUT2D eigenvalue weighted by Crippen LogP contribution is 2.30. The molecule has 0 saturated heterocycles. The Bertz CT molecular complexity index is 1100. The first kappa shape index (κ1) is 22.4. The van der Waals surface area contributed by atoms with E-state index < -0.39 is 9.84 Å². The van der Waals surface area contributed by atoms with E-state index in [1.807, 2.05) is 28.8 Å². The summed E-state index contributed by atoms with van der Waals surface area (Å²) in [5, 5.41) is 9.43. The number of hydrogen-bond donors (Lipinski definition) is 0. The lowest BCUT2D eigenvalue weighted by molar-refractivity contribution is 0.414. The minimum Gasteiger partial charge on any atom is -0.497 e. The molecule has 0 saturated carbocycles. The fraction of sp³-hybridized carbons (Fsp3) is 0.364. The van der Waals surface area contributed by atoms with Crippen molar-refractivity contribution in [2.75, 3.05) is 24.9 Å². The van der Waals surface area contributed by atoms with Crippen LogP contribution in [-0.4, -0.2) is 48.1 Å². The van der Waals surface area contributed by atoms with Crippen molar-refractivity contribution in [1.82, 2.24) is 14.8 Å². The van der Waals surface area contributed by atoms with Crippen molar-refractivity contribution in [1.29, 1.82) is 0 Å². The fourth-order valence-electron chi connectivity index (χ4n) is 2.92. The molecule has 0 fully saturated rings. The van der Waals surface area contributed by atoms with Gasteiger partial charge in [0.15, 0.2) is 11.0 Å². The summed E-state index contributed by atoms with van der Waals surface area (Å²) in [5.74, 6) is 1.97. The van der Waals surface area contributed by atoms with Crippen molar-refractivity contribution in [3.63, 3.8) is 0 Å². The van der Waals surface area contributed by atoms with Gasteiger partial charge in [0.05, 0.1) is 12.9 Å². The highest BCUT2D eigenvalue weighted by Gasteiger charge is 2.18. The maximum absolute atomic E-state index is 11.5. The molecule has 0 unspecified atom stereocenters. The second kappa shape index (κ2) is 8.81. The van der Waals surface area contributed by atoms with Crippen LogP contribution in [0.15, 0.2) is 53.7 Å². The quantitative estimate of drug-likeness (QED) is 0.503. The van der Waals surface area contributed by atoms with Crippen molar-refractivity contribution < 1.29 is 13.2 Å². The molecule has 0 radical (unpaired) electrons. The predicted octanol–water partition coefficient (Wildman–Crippen LogP) is 4.38. The van der Waals surface area contributed by atoms with Gasteiger partial charge in [-0.15, -0.1) is 10.2 Å². The zero-order chi connectivity index (χ0) is 21.9. The Hall–Kier alpha value is -2.32. The van der Waals surface area contributed by atoms with E-state index in [1.54, 1.807) is 7.11 Å². The number of ether oxygens (including phenoxy) is 1. The molecule has 0 bridgehead atoms. The maximum atomic E-state index is 11.5. The molecule has 1 aromatic heterocycles. The van der Waals surface area contributed by atoms with E-state index in [9.17, 15) is 8.42 Å². The van der Waals surface area contributed by atoms with Crippen molar-refractivity contribution in [2.45, 2.75) is 31.3 Å². The lowest BCUT2D eigenvalue weighted by Gasteiger charge is -2.19. The minimum absolute atomic E-state index is 0.0643. The third-order valence-electron chi connectivity index (χ3n) is 4.66. The van der Waals surface area contributed by atoms with E-state index in [2.05, 4.69) is 55.2 Å². The Morgan fingerprint density at radius 2 is 1.63 bits per heavy atom. The molecule has 0 N–H and O–H groups in total. The van der Waals surface area contributed by atoms with Crippen LogP contribution in [0.25, 0.3) is 17.1 Å². The third kappa shape index (κ3) is 5.43. The van der Waals surface area contributed by atoms with Crippen LogP contribution in [0.5, 0.6) is 5.75 Å². The summed E-state index contributed by atoms with van der Waals surface area (Å²) in [7, 11) is -1.41. The number of nitrogens with zero attached hydrogens (tertiary/aromatic N) is 3. The number of thioether (sulfide) groups is 1. The second-order valence-electron chi connectivity index (χ2n) is 8.15. The van der Waals surface area contributed by atoms with Gasteiger partial charge in [-0.25, -0.2) is 8.42 Å². The summed E-state index contributed by atoms with van der Waals surface area (Å²) >= 11 is 1.38. The minimum atomic E-state index is -3.04. The normalized spacial score (nSPS) is 12.2. The third-order valence-corrected chi connectivity index (χ3v) is 6.79. The molecule has 160 valence electrons. The van der Waals surface area contributed by atoms with E-state index in [4.69, 9.17) is 4.74 Å². The Kier molecular flexibility index (Phi) is 6.57. The number of sulfone groups is 1. The monoisotopic (exact) mass is 445 g/mol. The topological polar surface area (TPSA) is 74.1 Å². The lowest BCUT2D eigenvalue weighted by Crippen LogP contribution is -2.10. The first-order valence-electron chi connectivity index (χ1n) is 9.60. The Morgan fingerprint density at radius 3 is 2.17 bits per heavy atom. The first-order chi connectivity index (χ1) is 14.1. The van der Waals surface area contributed by atoms with Crippen LogP contribution in [0.3, 0.4) is 0 Å². The second-order valence-corrected chi connectivity index (χ2v) is 11.5. The van der Waals surface area contributed by atoms with Gasteiger partial charge in [0.2, 0.25) is 0 Å². The number of aromatic nitrogens is 3. The summed E-state index contributed by atoms with van der Waals surface area (Å²) in [6.07, 6.45) is 1.24. The Morgan fingerprint density at radius 1 is 1.00 bits per heavy atom. The van der Waals surface area contributed by atoms with Crippen LogP contribution in [-0.2, 0) is 15.3 Å². The SMILES string of the molecule is COc1ccc(-n2c(SCCS(C)(=O)=O)nnc2-c2ccc(C(C)(C)C)cc2)cc1. The summed E-state index contributed by atoms with van der Waals surface area (Å²) in [6, 6.07) is 16.0. The number of methoxy groups -OCH3 is 1. The van der Waals surface area contributed by atoms with Gasteiger partial charge in [-0.2, -0.15) is 0 Å². The number of benzene rings is 2. The molecular formula is C22H27N3O3S2. The van der Waals surface area contributed by atoms with Crippen LogP contribution >= 0.6 is 11.8 Å². The van der Waals surface area contributed by atoms with Crippen molar-refractivity contribution in [3.8, 4) is 22.8 Å². The number of rotatable bonds is 7. The molecule has 0 atom stereocenters. The van der Waals surface area contributed by atoms with Crippen LogP contribution in [0, 0.1) is 0 Å². The highest BCUT2D eigenvalue weighted by atomic mass is 32.2. The van der Waals surface area contributed by atoms with Gasteiger partial charge >= 0.3 is 0 Å². The summed E-state index contributed by atoms with van der Waals surface area (Å²) in [5.41, 5.74) is 3.14. The first-order valence-corrected chi connectivity index (χ1v) is 12.6. The van der Waals surface area contributed by atoms with E-state index in [-0.39, 0.29) is 11.2 Å². The molecule has 0 aliphatic heterocycles. The molecular weight excluding hydrogens is 418 g/mol. The molecule has 0 aliphatic rings. The van der Waals surface area contributed by atoms with Gasteiger partial charge in [-0.05, 0) is 35.2 Å². The van der Waals surface area contributed by atoms with Crippen LogP contribution in [0.2, 0.25) is 0 Å². The standard InChI is InChI=1S/C22H27N3O3S2/c1-22(2,3)17-8-6-16(7-9-17)20-23-24-21(29-14-15-30(5,26)27)25(20)18-10-12-19(28-4)13-11-18/h6-13H,14-15H2,1-5H3. The van der Waals surface area contributed by atoms with Crippen molar-refractivity contribution >= 4 is 21.6 Å². The van der Waals surface area contributed by atoms with E-state index >= 15 is 0 Å². The average Bonchev–Trinajstić information content (AvgIpc) is 3.10. The van der Waals surface area contributed by atoms with E-state index in [1.165, 1.54) is 23.6 Å². The summed E-state index contributed by atoms with van der Waals surface area (Å²) in [4.78, 5) is 0. The van der Waals surface area contributed by atoms with Crippen LogP contribution in [0.4, 0.5) is 0 Å². The molecule has 3 aromatic rings. The van der Waals surface area contributed by atoms with E-state index in [0.717, 1.165) is 17.0 Å². The van der Waals surface area contributed by atoms with Gasteiger partial charge in [0, 0.05) is 23.3 Å². The number of hydrogen-bond acceptors (Lipinski definition) is 6. The van der Waals surface area contributed by atoms with Gasteiger partial charge in [0.25, 0.3) is 0 Å². The Labute approximate surface area is 182 Å². The fourth-order valence-corrected chi connectivity index (χ4v) is 5.06. The zero-order valence-electron chi connectivity index (χ0n) is 17.9. The Balaban J connectivity index is 2.01. The molecule has 1 heterocycles. The van der Waals surface area contributed by atoms with Crippen LogP contribution in [0.1, 0.15) is 26.3 Å². The predicted molar refractivity (Wildman–Crippen MR) is 122 cm³/mol. The molecule has 3 rings (SSSR count). The molecule has 8 heteroatoms. The van der Waals surface area contributed by atoms with Gasteiger partial charge in [-0.3, -0.25) is 4.57 Å². The van der Waals surface area contributed by atoms with E-state index in [0.29, 0.717) is 16.7 Å².